The molecule has 0 saturated heterocycles. The van der Waals surface area contributed by atoms with Gasteiger partial charge in [0.1, 0.15) is 5.69 Å². The number of amides is 1. The maximum absolute atomic E-state index is 11.8. The van der Waals surface area contributed by atoms with Crippen LogP contribution in [0.5, 0.6) is 0 Å². The molecule has 2 rings (SSSR count). The Balaban J connectivity index is 2.01. The van der Waals surface area contributed by atoms with Crippen molar-refractivity contribution in [2.24, 2.45) is 5.92 Å². The number of H-pyrrole nitrogens is 1. The number of aromatic nitrogens is 1. The predicted octanol–water partition coefficient (Wildman–Crippen LogP) is 1.29. The summed E-state index contributed by atoms with van der Waals surface area (Å²) in [5, 5.41) is 2.94. The maximum atomic E-state index is 11.8. The first-order chi connectivity index (χ1) is 7.65. The summed E-state index contributed by atoms with van der Waals surface area (Å²) in [4.78, 5) is 25.4. The molecule has 1 aliphatic rings. The van der Waals surface area contributed by atoms with E-state index in [1.807, 2.05) is 0 Å². The van der Waals surface area contributed by atoms with Gasteiger partial charge in [0.2, 0.25) is 5.56 Å². The average Bonchev–Trinajstić information content (AvgIpc) is 2.64. The van der Waals surface area contributed by atoms with Gasteiger partial charge in [-0.25, -0.2) is 0 Å². The Labute approximate surface area is 94.1 Å². The fraction of sp³-hybridized carbons (Fsp3) is 0.500. The van der Waals surface area contributed by atoms with E-state index in [2.05, 4.69) is 17.2 Å². The number of hydrogen-bond acceptors (Lipinski definition) is 2. The summed E-state index contributed by atoms with van der Waals surface area (Å²) in [6, 6.07) is 4.86. The minimum atomic E-state index is -0.243. The summed E-state index contributed by atoms with van der Waals surface area (Å²) in [6.07, 6.45) is 3.23. The summed E-state index contributed by atoms with van der Waals surface area (Å²) in [5.74, 6) is 0.497. The maximum Gasteiger partial charge on any atom is 0.268 e. The molecule has 0 spiro atoms. The molecule has 2 atom stereocenters. The van der Waals surface area contributed by atoms with E-state index in [-0.39, 0.29) is 17.5 Å². The van der Waals surface area contributed by atoms with E-state index >= 15 is 0 Å². The smallest absolute Gasteiger partial charge is 0.268 e. The van der Waals surface area contributed by atoms with Gasteiger partial charge < -0.3 is 10.3 Å². The van der Waals surface area contributed by atoms with Crippen molar-refractivity contribution in [1.29, 1.82) is 0 Å². The van der Waals surface area contributed by atoms with Crippen LogP contribution in [0.4, 0.5) is 0 Å². The standard InChI is InChI=1S/C12H16N2O2/c1-8-5-6-9(7-8)13-12(16)10-3-2-4-11(15)14-10/h2-4,8-9H,5-7H2,1H3,(H,13,16)(H,14,15). The molecule has 0 aliphatic heterocycles. The van der Waals surface area contributed by atoms with Gasteiger partial charge in [0.05, 0.1) is 0 Å². The number of pyridine rings is 1. The van der Waals surface area contributed by atoms with Crippen LogP contribution in [0.15, 0.2) is 23.0 Å². The van der Waals surface area contributed by atoms with E-state index < -0.39 is 0 Å². The largest absolute Gasteiger partial charge is 0.348 e. The second kappa shape index (κ2) is 4.51. The number of rotatable bonds is 2. The molecule has 0 bridgehead atoms. The Hall–Kier alpha value is -1.58. The van der Waals surface area contributed by atoms with Crippen molar-refractivity contribution < 1.29 is 4.79 Å². The second-order valence-electron chi connectivity index (χ2n) is 4.52. The number of carbonyl (C=O) groups excluding carboxylic acids is 1. The number of hydrogen-bond donors (Lipinski definition) is 2. The minimum absolute atomic E-state index is 0.184. The van der Waals surface area contributed by atoms with Crippen molar-refractivity contribution in [1.82, 2.24) is 10.3 Å². The van der Waals surface area contributed by atoms with Crippen LogP contribution in [0.25, 0.3) is 0 Å². The molecule has 86 valence electrons. The Morgan fingerprint density at radius 1 is 1.44 bits per heavy atom. The Morgan fingerprint density at radius 3 is 2.88 bits per heavy atom. The molecular formula is C12H16N2O2. The van der Waals surface area contributed by atoms with E-state index in [9.17, 15) is 9.59 Å². The van der Waals surface area contributed by atoms with Gasteiger partial charge in [-0.3, -0.25) is 9.59 Å². The fourth-order valence-electron chi connectivity index (χ4n) is 2.18. The van der Waals surface area contributed by atoms with E-state index in [1.165, 1.54) is 6.07 Å². The van der Waals surface area contributed by atoms with Crippen LogP contribution in [-0.4, -0.2) is 16.9 Å². The number of nitrogens with one attached hydrogen (secondary N) is 2. The molecule has 16 heavy (non-hydrogen) atoms. The van der Waals surface area contributed by atoms with Gasteiger partial charge in [-0.1, -0.05) is 13.0 Å². The molecule has 0 aromatic carbocycles. The quantitative estimate of drug-likeness (QED) is 0.789. The molecule has 2 unspecified atom stereocenters. The van der Waals surface area contributed by atoms with E-state index in [1.54, 1.807) is 12.1 Å². The first-order valence-electron chi connectivity index (χ1n) is 5.65. The van der Waals surface area contributed by atoms with Gasteiger partial charge in [-0.15, -0.1) is 0 Å². The lowest BCUT2D eigenvalue weighted by Gasteiger charge is -2.11. The second-order valence-corrected chi connectivity index (χ2v) is 4.52. The Morgan fingerprint density at radius 2 is 2.25 bits per heavy atom. The van der Waals surface area contributed by atoms with Crippen molar-refractivity contribution in [2.45, 2.75) is 32.2 Å². The molecule has 1 fully saturated rings. The van der Waals surface area contributed by atoms with Crippen LogP contribution in [0, 0.1) is 5.92 Å². The molecule has 0 radical (unpaired) electrons. The zero-order chi connectivity index (χ0) is 11.5. The van der Waals surface area contributed by atoms with E-state index in [4.69, 9.17) is 0 Å². The summed E-state index contributed by atoms with van der Waals surface area (Å²) in [6.45, 7) is 2.19. The third-order valence-corrected chi connectivity index (χ3v) is 3.04. The predicted molar refractivity (Wildman–Crippen MR) is 61.3 cm³/mol. The minimum Gasteiger partial charge on any atom is -0.348 e. The number of carbonyl (C=O) groups is 1. The molecule has 4 heteroatoms. The van der Waals surface area contributed by atoms with Crippen LogP contribution >= 0.6 is 0 Å². The molecule has 1 aromatic rings. The first kappa shape index (κ1) is 10.9. The molecule has 1 aromatic heterocycles. The molecular weight excluding hydrogens is 204 g/mol. The highest BCUT2D eigenvalue weighted by Crippen LogP contribution is 2.24. The van der Waals surface area contributed by atoms with Crippen molar-refractivity contribution in [3.05, 3.63) is 34.2 Å². The van der Waals surface area contributed by atoms with Gasteiger partial charge >= 0.3 is 0 Å². The molecule has 1 saturated carbocycles. The first-order valence-corrected chi connectivity index (χ1v) is 5.65. The SMILES string of the molecule is CC1CCC(NC(=O)c2cccc(=O)[nH]2)C1. The lowest BCUT2D eigenvalue weighted by Crippen LogP contribution is -2.34. The van der Waals surface area contributed by atoms with Crippen molar-refractivity contribution in [3.63, 3.8) is 0 Å². The van der Waals surface area contributed by atoms with Crippen LogP contribution in [0.1, 0.15) is 36.7 Å². The highest BCUT2D eigenvalue weighted by Gasteiger charge is 2.23. The van der Waals surface area contributed by atoms with Crippen molar-refractivity contribution in [2.75, 3.05) is 0 Å². The highest BCUT2D eigenvalue weighted by molar-refractivity contribution is 5.92. The summed E-state index contributed by atoms with van der Waals surface area (Å²) < 4.78 is 0. The summed E-state index contributed by atoms with van der Waals surface area (Å²) in [5.41, 5.74) is 0.0968. The molecule has 1 aliphatic carbocycles. The van der Waals surface area contributed by atoms with Crippen LogP contribution in [0.2, 0.25) is 0 Å². The Kier molecular flexibility index (Phi) is 3.08. The molecule has 4 nitrogen and oxygen atoms in total. The molecule has 1 amide bonds. The molecule has 2 N–H and O–H groups in total. The fourth-order valence-corrected chi connectivity index (χ4v) is 2.18. The summed E-state index contributed by atoms with van der Waals surface area (Å²) in [7, 11) is 0. The topological polar surface area (TPSA) is 62.0 Å². The molecule has 1 heterocycles. The van der Waals surface area contributed by atoms with E-state index in [0.29, 0.717) is 11.6 Å². The Bertz CT molecular complexity index is 439. The number of aromatic amines is 1. The van der Waals surface area contributed by atoms with E-state index in [0.717, 1.165) is 19.3 Å². The lowest BCUT2D eigenvalue weighted by molar-refractivity contribution is 0.0932. The lowest BCUT2D eigenvalue weighted by atomic mass is 10.1. The normalized spacial score (nSPS) is 24.3. The van der Waals surface area contributed by atoms with Crippen LogP contribution in [0.3, 0.4) is 0 Å². The van der Waals surface area contributed by atoms with Gasteiger partial charge in [0.15, 0.2) is 0 Å². The van der Waals surface area contributed by atoms with Gasteiger partial charge in [-0.05, 0) is 31.2 Å². The van der Waals surface area contributed by atoms with Crippen LogP contribution in [-0.2, 0) is 0 Å². The van der Waals surface area contributed by atoms with Crippen LogP contribution < -0.4 is 10.9 Å². The zero-order valence-electron chi connectivity index (χ0n) is 9.32. The van der Waals surface area contributed by atoms with Crippen molar-refractivity contribution in [3.8, 4) is 0 Å². The van der Waals surface area contributed by atoms with Gasteiger partial charge in [0.25, 0.3) is 5.91 Å². The third-order valence-electron chi connectivity index (χ3n) is 3.04. The van der Waals surface area contributed by atoms with Gasteiger partial charge in [-0.2, -0.15) is 0 Å². The zero-order valence-corrected chi connectivity index (χ0v) is 9.32. The monoisotopic (exact) mass is 220 g/mol. The average molecular weight is 220 g/mol. The summed E-state index contributed by atoms with van der Waals surface area (Å²) >= 11 is 0. The van der Waals surface area contributed by atoms with Gasteiger partial charge in [0, 0.05) is 12.1 Å². The highest BCUT2D eigenvalue weighted by atomic mass is 16.2. The third kappa shape index (κ3) is 2.51. The van der Waals surface area contributed by atoms with Crippen molar-refractivity contribution >= 4 is 5.91 Å².